The molecule has 8 nitrogen and oxygen atoms in total. The highest BCUT2D eigenvalue weighted by Crippen LogP contribution is 2.22. The fourth-order valence-electron chi connectivity index (χ4n) is 1.67. The number of nitro benzene ring substituents is 1. The summed E-state index contributed by atoms with van der Waals surface area (Å²) in [7, 11) is 0. The van der Waals surface area contributed by atoms with Crippen LogP contribution >= 0.6 is 11.8 Å². The number of amides is 1. The Kier molecular flexibility index (Phi) is 5.06. The van der Waals surface area contributed by atoms with Gasteiger partial charge in [0.15, 0.2) is 5.16 Å². The first-order valence-corrected chi connectivity index (χ1v) is 7.31. The Morgan fingerprint density at radius 1 is 1.43 bits per heavy atom. The number of hydrogen-bond donors (Lipinski definition) is 2. The van der Waals surface area contributed by atoms with Gasteiger partial charge in [-0.3, -0.25) is 14.9 Å². The molecule has 0 aliphatic carbocycles. The maximum absolute atomic E-state index is 13.6. The zero-order valence-electron chi connectivity index (χ0n) is 11.9. The number of nitrogens with zero attached hydrogens (tertiary/aromatic N) is 3. The molecule has 2 rings (SSSR count). The molecule has 1 heterocycles. The maximum Gasteiger partial charge on any atom is 0.271 e. The second-order valence-electron chi connectivity index (χ2n) is 4.47. The van der Waals surface area contributed by atoms with Crippen LogP contribution in [0.1, 0.15) is 5.69 Å². The number of thioether (sulfide) groups is 1. The largest absolute Gasteiger partial charge is 0.384 e. The molecule has 0 aliphatic heterocycles. The number of carbonyl (C=O) groups excluding carboxylic acids is 1. The van der Waals surface area contributed by atoms with E-state index in [0.29, 0.717) is 10.9 Å². The van der Waals surface area contributed by atoms with E-state index >= 15 is 0 Å². The van der Waals surface area contributed by atoms with Crippen molar-refractivity contribution in [3.05, 3.63) is 45.9 Å². The van der Waals surface area contributed by atoms with Crippen LogP contribution in [0.25, 0.3) is 0 Å². The molecular formula is C13H12FN5O3S. The molecular weight excluding hydrogens is 325 g/mol. The van der Waals surface area contributed by atoms with Crippen LogP contribution in [-0.2, 0) is 4.79 Å². The van der Waals surface area contributed by atoms with Gasteiger partial charge in [-0.05, 0) is 13.0 Å². The Morgan fingerprint density at radius 2 is 2.17 bits per heavy atom. The number of nitrogens with two attached hydrogens (primary N) is 1. The van der Waals surface area contributed by atoms with Gasteiger partial charge in [0.05, 0.1) is 16.4 Å². The summed E-state index contributed by atoms with van der Waals surface area (Å²) in [5, 5.41) is 13.3. The first-order valence-electron chi connectivity index (χ1n) is 6.33. The summed E-state index contributed by atoms with van der Waals surface area (Å²) in [6, 6.07) is 4.48. The smallest absolute Gasteiger partial charge is 0.271 e. The molecule has 23 heavy (non-hydrogen) atoms. The highest BCUT2D eigenvalue weighted by Gasteiger charge is 2.14. The number of non-ortho nitro benzene ring substituents is 1. The van der Waals surface area contributed by atoms with E-state index in [-0.39, 0.29) is 22.9 Å². The number of carbonyl (C=O) groups is 1. The first kappa shape index (κ1) is 16.6. The maximum atomic E-state index is 13.6. The number of nitro groups is 1. The molecule has 120 valence electrons. The van der Waals surface area contributed by atoms with Gasteiger partial charge in [0.25, 0.3) is 5.69 Å². The summed E-state index contributed by atoms with van der Waals surface area (Å²) in [5.74, 6) is -1.11. The number of rotatable bonds is 5. The van der Waals surface area contributed by atoms with E-state index in [1.807, 2.05) is 0 Å². The predicted molar refractivity (Wildman–Crippen MR) is 83.6 cm³/mol. The molecule has 0 fully saturated rings. The monoisotopic (exact) mass is 337 g/mol. The molecule has 1 amide bonds. The molecule has 0 radical (unpaired) electrons. The normalized spacial score (nSPS) is 10.3. The minimum atomic E-state index is -0.759. The molecule has 0 atom stereocenters. The molecule has 1 aromatic heterocycles. The summed E-state index contributed by atoms with van der Waals surface area (Å²) in [6.45, 7) is 1.74. The molecule has 3 N–H and O–H groups in total. The molecule has 1 aromatic carbocycles. The van der Waals surface area contributed by atoms with Crippen molar-refractivity contribution in [3.63, 3.8) is 0 Å². The van der Waals surface area contributed by atoms with Gasteiger partial charge in [-0.1, -0.05) is 11.8 Å². The topological polar surface area (TPSA) is 124 Å². The van der Waals surface area contributed by atoms with Crippen LogP contribution in [0.5, 0.6) is 0 Å². The number of halogens is 1. The average molecular weight is 337 g/mol. The Hall–Kier alpha value is -2.75. The zero-order valence-corrected chi connectivity index (χ0v) is 12.8. The Labute approximate surface area is 134 Å². The summed E-state index contributed by atoms with van der Waals surface area (Å²) < 4.78 is 13.6. The van der Waals surface area contributed by atoms with Crippen LogP contribution in [0.4, 0.5) is 21.6 Å². The van der Waals surface area contributed by atoms with E-state index in [2.05, 4.69) is 15.3 Å². The van der Waals surface area contributed by atoms with E-state index in [1.54, 1.807) is 13.0 Å². The van der Waals surface area contributed by atoms with Crippen molar-refractivity contribution in [3.8, 4) is 0 Å². The van der Waals surface area contributed by atoms with Crippen LogP contribution < -0.4 is 11.1 Å². The number of aryl methyl sites for hydroxylation is 1. The van der Waals surface area contributed by atoms with Crippen molar-refractivity contribution in [2.75, 3.05) is 16.8 Å². The second kappa shape index (κ2) is 7.01. The van der Waals surface area contributed by atoms with Gasteiger partial charge in [0.1, 0.15) is 11.6 Å². The fourth-order valence-corrected chi connectivity index (χ4v) is 2.38. The van der Waals surface area contributed by atoms with Crippen LogP contribution in [0, 0.1) is 22.9 Å². The fraction of sp³-hybridized carbons (Fsp3) is 0.154. The highest BCUT2D eigenvalue weighted by molar-refractivity contribution is 7.99. The average Bonchev–Trinajstić information content (AvgIpc) is 2.46. The molecule has 0 bridgehead atoms. The highest BCUT2D eigenvalue weighted by atomic mass is 32.2. The lowest BCUT2D eigenvalue weighted by molar-refractivity contribution is -0.384. The summed E-state index contributed by atoms with van der Waals surface area (Å²) >= 11 is 1.02. The SMILES string of the molecule is Cc1cc(N)nc(SCC(=O)Nc2cc([N+](=O)[O-])ccc2F)n1. The Balaban J connectivity index is 2.02. The van der Waals surface area contributed by atoms with Crippen molar-refractivity contribution in [2.24, 2.45) is 0 Å². The van der Waals surface area contributed by atoms with E-state index in [1.165, 1.54) is 0 Å². The van der Waals surface area contributed by atoms with Crippen LogP contribution in [0.2, 0.25) is 0 Å². The zero-order chi connectivity index (χ0) is 17.0. The standard InChI is InChI=1S/C13H12FN5O3S/c1-7-4-11(15)18-13(16-7)23-6-12(20)17-10-5-8(19(21)22)2-3-9(10)14/h2-5H,6H2,1H3,(H,17,20)(H2,15,16,18). The van der Waals surface area contributed by atoms with Crippen molar-refractivity contribution >= 4 is 34.9 Å². The Bertz CT molecular complexity index is 751. The van der Waals surface area contributed by atoms with Crippen molar-refractivity contribution in [1.82, 2.24) is 9.97 Å². The third-order valence-electron chi connectivity index (χ3n) is 2.62. The van der Waals surface area contributed by atoms with Crippen molar-refractivity contribution in [2.45, 2.75) is 12.1 Å². The van der Waals surface area contributed by atoms with Crippen LogP contribution in [0.15, 0.2) is 29.4 Å². The molecule has 0 aliphatic rings. The molecule has 0 saturated heterocycles. The summed E-state index contributed by atoms with van der Waals surface area (Å²) in [4.78, 5) is 29.9. The van der Waals surface area contributed by atoms with Gasteiger partial charge in [0, 0.05) is 23.9 Å². The Morgan fingerprint density at radius 3 is 2.83 bits per heavy atom. The minimum Gasteiger partial charge on any atom is -0.384 e. The minimum absolute atomic E-state index is 0.0922. The van der Waals surface area contributed by atoms with Crippen molar-refractivity contribution < 1.29 is 14.1 Å². The van der Waals surface area contributed by atoms with Gasteiger partial charge in [0.2, 0.25) is 5.91 Å². The number of nitrogens with one attached hydrogen (secondary N) is 1. The number of benzene rings is 1. The van der Waals surface area contributed by atoms with E-state index in [0.717, 1.165) is 30.0 Å². The number of nitrogen functional groups attached to an aromatic ring is 1. The third kappa shape index (κ3) is 4.61. The molecule has 2 aromatic rings. The van der Waals surface area contributed by atoms with Gasteiger partial charge in [-0.25, -0.2) is 14.4 Å². The molecule has 0 saturated carbocycles. The first-order chi connectivity index (χ1) is 10.8. The number of anilines is 2. The quantitative estimate of drug-likeness (QED) is 0.371. The molecule has 10 heteroatoms. The predicted octanol–water partition coefficient (Wildman–Crippen LogP) is 2.15. The van der Waals surface area contributed by atoms with Gasteiger partial charge in [-0.2, -0.15) is 0 Å². The summed E-state index contributed by atoms with van der Waals surface area (Å²) in [6.07, 6.45) is 0. The van der Waals surface area contributed by atoms with E-state index < -0.39 is 16.6 Å². The number of hydrogen-bond acceptors (Lipinski definition) is 7. The number of aromatic nitrogens is 2. The van der Waals surface area contributed by atoms with E-state index in [9.17, 15) is 19.3 Å². The van der Waals surface area contributed by atoms with Crippen molar-refractivity contribution in [1.29, 1.82) is 0 Å². The third-order valence-corrected chi connectivity index (χ3v) is 3.47. The van der Waals surface area contributed by atoms with Gasteiger partial charge in [-0.15, -0.1) is 0 Å². The van der Waals surface area contributed by atoms with E-state index in [4.69, 9.17) is 5.73 Å². The second-order valence-corrected chi connectivity index (χ2v) is 5.42. The molecule has 0 unspecified atom stereocenters. The van der Waals surface area contributed by atoms with Crippen LogP contribution in [-0.4, -0.2) is 26.6 Å². The lowest BCUT2D eigenvalue weighted by atomic mass is 10.2. The van der Waals surface area contributed by atoms with Gasteiger partial charge < -0.3 is 11.1 Å². The lowest BCUT2D eigenvalue weighted by Crippen LogP contribution is -2.15. The lowest BCUT2D eigenvalue weighted by Gasteiger charge is -2.06. The van der Waals surface area contributed by atoms with Gasteiger partial charge >= 0.3 is 0 Å². The summed E-state index contributed by atoms with van der Waals surface area (Å²) in [5.41, 5.74) is 5.66. The molecule has 0 spiro atoms. The van der Waals surface area contributed by atoms with Crippen LogP contribution in [0.3, 0.4) is 0 Å².